The molecule has 2 rings (SSSR count). The largest absolute Gasteiger partial charge is 0.493 e. The topological polar surface area (TPSA) is 94.5 Å². The minimum Gasteiger partial charge on any atom is -0.493 e. The van der Waals surface area contributed by atoms with Gasteiger partial charge in [0.1, 0.15) is 12.4 Å². The number of benzene rings is 2. The van der Waals surface area contributed by atoms with Crippen molar-refractivity contribution in [2.24, 2.45) is 0 Å². The third-order valence-corrected chi connectivity index (χ3v) is 3.96. The van der Waals surface area contributed by atoms with E-state index in [-0.39, 0.29) is 0 Å². The van der Waals surface area contributed by atoms with Crippen LogP contribution >= 0.6 is 0 Å². The summed E-state index contributed by atoms with van der Waals surface area (Å²) in [6.07, 6.45) is -1.39. The van der Waals surface area contributed by atoms with Gasteiger partial charge in [-0.2, -0.15) is 0 Å². The van der Waals surface area contributed by atoms with Crippen molar-refractivity contribution in [3.05, 3.63) is 47.5 Å². The van der Waals surface area contributed by atoms with Gasteiger partial charge < -0.3 is 29.2 Å². The van der Waals surface area contributed by atoms with E-state index in [9.17, 15) is 15.0 Å². The van der Waals surface area contributed by atoms with Crippen LogP contribution in [-0.2, 0) is 0 Å². The molecule has 146 valence electrons. The molecule has 0 aliphatic heterocycles. The Kier molecular flexibility index (Phi) is 7.45. The lowest BCUT2D eigenvalue weighted by molar-refractivity contribution is -0.000543. The molecule has 2 N–H and O–H groups in total. The van der Waals surface area contributed by atoms with Crippen molar-refractivity contribution >= 4 is 6.29 Å². The molecule has 2 aromatic rings. The van der Waals surface area contributed by atoms with Gasteiger partial charge in [-0.05, 0) is 42.8 Å². The Morgan fingerprint density at radius 2 is 1.70 bits per heavy atom. The molecule has 0 aliphatic rings. The summed E-state index contributed by atoms with van der Waals surface area (Å²) >= 11 is 0. The highest BCUT2D eigenvalue weighted by molar-refractivity contribution is 5.76. The van der Waals surface area contributed by atoms with Crippen LogP contribution in [0.3, 0.4) is 0 Å². The molecule has 0 saturated heterocycles. The molecule has 0 aromatic heterocycles. The molecule has 0 bridgehead atoms. The highest BCUT2D eigenvalue weighted by Gasteiger charge is 2.25. The predicted molar refractivity (Wildman–Crippen MR) is 99.0 cm³/mol. The molecule has 0 radical (unpaired) electrons. The molecular weight excluding hydrogens is 352 g/mol. The van der Waals surface area contributed by atoms with E-state index < -0.39 is 18.8 Å². The predicted octanol–water partition coefficient (Wildman–Crippen LogP) is 2.39. The maximum absolute atomic E-state index is 10.9. The van der Waals surface area contributed by atoms with E-state index in [2.05, 4.69) is 0 Å². The number of hydrogen-bond acceptors (Lipinski definition) is 7. The summed E-state index contributed by atoms with van der Waals surface area (Å²) in [5.74, 6) is 1.66. The van der Waals surface area contributed by atoms with E-state index in [1.54, 1.807) is 30.3 Å². The fourth-order valence-corrected chi connectivity index (χ4v) is 2.58. The van der Waals surface area contributed by atoms with Crippen molar-refractivity contribution in [3.63, 3.8) is 0 Å². The maximum atomic E-state index is 10.9. The van der Waals surface area contributed by atoms with Gasteiger partial charge in [-0.25, -0.2) is 0 Å². The van der Waals surface area contributed by atoms with Gasteiger partial charge in [0.25, 0.3) is 0 Å². The van der Waals surface area contributed by atoms with Crippen LogP contribution < -0.4 is 18.9 Å². The molecule has 2 unspecified atom stereocenters. The lowest BCUT2D eigenvalue weighted by Crippen LogP contribution is -2.29. The second-order valence-electron chi connectivity index (χ2n) is 5.66. The number of rotatable bonds is 10. The van der Waals surface area contributed by atoms with Gasteiger partial charge in [-0.1, -0.05) is 6.07 Å². The third kappa shape index (κ3) is 4.90. The summed E-state index contributed by atoms with van der Waals surface area (Å²) in [4.78, 5) is 10.9. The van der Waals surface area contributed by atoms with Gasteiger partial charge in [-0.3, -0.25) is 4.79 Å². The molecule has 2 aromatic carbocycles. The molecule has 7 heteroatoms. The fraction of sp³-hybridized carbons (Fsp3) is 0.350. The molecule has 0 saturated carbocycles. The van der Waals surface area contributed by atoms with Crippen LogP contribution in [-0.4, -0.2) is 50.0 Å². The number of ether oxygens (including phenoxy) is 4. The average molecular weight is 376 g/mol. The normalized spacial score (nSPS) is 12.8. The molecule has 0 spiro atoms. The van der Waals surface area contributed by atoms with Crippen LogP contribution in [0.5, 0.6) is 23.0 Å². The number of aldehydes is 1. The van der Waals surface area contributed by atoms with Crippen LogP contribution in [0.1, 0.15) is 28.9 Å². The summed E-state index contributed by atoms with van der Waals surface area (Å²) in [5.41, 5.74) is 0.929. The van der Waals surface area contributed by atoms with E-state index in [0.717, 1.165) is 0 Å². The van der Waals surface area contributed by atoms with Crippen LogP contribution in [0, 0.1) is 0 Å². The Morgan fingerprint density at radius 3 is 2.30 bits per heavy atom. The number of aliphatic hydroxyl groups is 2. The molecule has 0 heterocycles. The lowest BCUT2D eigenvalue weighted by atomic mass is 10.0. The second kappa shape index (κ2) is 9.80. The second-order valence-corrected chi connectivity index (χ2v) is 5.66. The Morgan fingerprint density at radius 1 is 1.00 bits per heavy atom. The van der Waals surface area contributed by atoms with E-state index >= 15 is 0 Å². The standard InChI is InChI=1S/C20H24O7/c1-4-26-18-10-14(6-8-15(18)24-2)20(23)19(12-22)27-16-7-5-13(11-21)9-17(16)25-3/h5-11,19-20,22-23H,4,12H2,1-3H3. The monoisotopic (exact) mass is 376 g/mol. The van der Waals surface area contributed by atoms with E-state index in [1.807, 2.05) is 6.92 Å². The molecule has 7 nitrogen and oxygen atoms in total. The maximum Gasteiger partial charge on any atom is 0.161 e. The Balaban J connectivity index is 2.27. The SMILES string of the molecule is CCOc1cc(C(O)C(CO)Oc2ccc(C=O)cc2OC)ccc1OC. The van der Waals surface area contributed by atoms with Crippen molar-refractivity contribution in [1.29, 1.82) is 0 Å². The van der Waals surface area contributed by atoms with E-state index in [0.29, 0.717) is 47.0 Å². The van der Waals surface area contributed by atoms with Crippen LogP contribution in [0.4, 0.5) is 0 Å². The zero-order valence-corrected chi connectivity index (χ0v) is 15.5. The van der Waals surface area contributed by atoms with E-state index in [1.165, 1.54) is 20.3 Å². The fourth-order valence-electron chi connectivity index (χ4n) is 2.58. The first-order chi connectivity index (χ1) is 13.1. The van der Waals surface area contributed by atoms with Gasteiger partial charge in [0, 0.05) is 5.56 Å². The van der Waals surface area contributed by atoms with Crippen molar-refractivity contribution in [1.82, 2.24) is 0 Å². The Labute approximate surface area is 158 Å². The first-order valence-corrected chi connectivity index (χ1v) is 8.47. The molecule has 2 atom stereocenters. The quantitative estimate of drug-likeness (QED) is 0.615. The Bertz CT molecular complexity index is 760. The van der Waals surface area contributed by atoms with Gasteiger partial charge in [-0.15, -0.1) is 0 Å². The number of carbonyl (C=O) groups is 1. The minimum atomic E-state index is -1.13. The molecule has 0 fully saturated rings. The molecule has 27 heavy (non-hydrogen) atoms. The lowest BCUT2D eigenvalue weighted by Gasteiger charge is -2.24. The van der Waals surface area contributed by atoms with Gasteiger partial charge >= 0.3 is 0 Å². The smallest absolute Gasteiger partial charge is 0.161 e. The van der Waals surface area contributed by atoms with Gasteiger partial charge in [0.05, 0.1) is 27.4 Å². The first kappa shape index (κ1) is 20.5. The highest BCUT2D eigenvalue weighted by Crippen LogP contribution is 2.34. The average Bonchev–Trinajstić information content (AvgIpc) is 2.71. The van der Waals surface area contributed by atoms with Crippen molar-refractivity contribution in [2.45, 2.75) is 19.1 Å². The summed E-state index contributed by atoms with van der Waals surface area (Å²) < 4.78 is 21.7. The van der Waals surface area contributed by atoms with Crippen molar-refractivity contribution < 1.29 is 34.0 Å². The van der Waals surface area contributed by atoms with Gasteiger partial charge in [0.2, 0.25) is 0 Å². The van der Waals surface area contributed by atoms with Crippen molar-refractivity contribution in [2.75, 3.05) is 27.4 Å². The van der Waals surface area contributed by atoms with Crippen LogP contribution in [0.25, 0.3) is 0 Å². The Hall–Kier alpha value is -2.77. The zero-order chi connectivity index (χ0) is 19.8. The third-order valence-electron chi connectivity index (χ3n) is 3.96. The number of aliphatic hydroxyl groups excluding tert-OH is 2. The number of hydrogen-bond donors (Lipinski definition) is 2. The molecular formula is C20H24O7. The summed E-state index contributed by atoms with van der Waals surface area (Å²) in [5, 5.41) is 20.4. The highest BCUT2D eigenvalue weighted by atomic mass is 16.5. The minimum absolute atomic E-state index is 0.305. The van der Waals surface area contributed by atoms with E-state index in [4.69, 9.17) is 18.9 Å². The summed E-state index contributed by atoms with van der Waals surface area (Å²) in [6.45, 7) is 1.85. The zero-order valence-electron chi connectivity index (χ0n) is 15.5. The number of carbonyl (C=O) groups excluding carboxylic acids is 1. The summed E-state index contributed by atoms with van der Waals surface area (Å²) in [6, 6.07) is 9.63. The summed E-state index contributed by atoms with van der Waals surface area (Å²) in [7, 11) is 2.97. The number of methoxy groups -OCH3 is 2. The first-order valence-electron chi connectivity index (χ1n) is 8.47. The van der Waals surface area contributed by atoms with Crippen LogP contribution in [0.15, 0.2) is 36.4 Å². The van der Waals surface area contributed by atoms with Crippen molar-refractivity contribution in [3.8, 4) is 23.0 Å². The molecule has 0 amide bonds. The van der Waals surface area contributed by atoms with Gasteiger partial charge in [0.15, 0.2) is 29.1 Å². The van der Waals surface area contributed by atoms with Crippen LogP contribution in [0.2, 0.25) is 0 Å². The molecule has 0 aliphatic carbocycles.